The fourth-order valence-electron chi connectivity index (χ4n) is 2.84. The molecule has 2 rings (SSSR count). The molecule has 0 aliphatic rings. The molecule has 0 unspecified atom stereocenters. The van der Waals surface area contributed by atoms with Gasteiger partial charge in [0, 0.05) is 20.1 Å². The van der Waals surface area contributed by atoms with Crippen LogP contribution >= 0.6 is 0 Å². The van der Waals surface area contributed by atoms with Gasteiger partial charge in [0.2, 0.25) is 5.95 Å². The van der Waals surface area contributed by atoms with Crippen LogP contribution in [0.25, 0.3) is 11.2 Å². The van der Waals surface area contributed by atoms with Gasteiger partial charge in [-0.2, -0.15) is 5.10 Å². The van der Waals surface area contributed by atoms with Crippen LogP contribution in [0.2, 0.25) is 0 Å². The molecule has 6 heteroatoms. The molecule has 0 aliphatic heterocycles. The first-order chi connectivity index (χ1) is 8.71. The van der Waals surface area contributed by atoms with E-state index in [1.807, 2.05) is 18.7 Å². The van der Waals surface area contributed by atoms with Crippen molar-refractivity contribution < 1.29 is 0 Å². The molecule has 6 nitrogen and oxygen atoms in total. The van der Waals surface area contributed by atoms with Gasteiger partial charge in [-0.1, -0.05) is 13.8 Å². The SMILES string of the molecule is Cc1nn(C)c2c1nc(N)n2CC(C)(C)CN(C)C. The summed E-state index contributed by atoms with van der Waals surface area (Å²) in [6, 6.07) is 0. The summed E-state index contributed by atoms with van der Waals surface area (Å²) < 4.78 is 3.93. The third-order valence-electron chi connectivity index (χ3n) is 3.25. The van der Waals surface area contributed by atoms with Crippen LogP contribution < -0.4 is 5.73 Å². The van der Waals surface area contributed by atoms with Crippen molar-refractivity contribution in [2.45, 2.75) is 27.3 Å². The van der Waals surface area contributed by atoms with Crippen molar-refractivity contribution in [2.75, 3.05) is 26.4 Å². The van der Waals surface area contributed by atoms with Crippen molar-refractivity contribution in [1.82, 2.24) is 24.2 Å². The molecule has 0 aromatic carbocycles. The summed E-state index contributed by atoms with van der Waals surface area (Å²) in [5.74, 6) is 0.568. The lowest BCUT2D eigenvalue weighted by Gasteiger charge is -2.29. The number of fused-ring (bicyclic) bond motifs is 1. The maximum absolute atomic E-state index is 6.07. The van der Waals surface area contributed by atoms with Crippen LogP contribution in [0.3, 0.4) is 0 Å². The average molecular weight is 264 g/mol. The summed E-state index contributed by atoms with van der Waals surface area (Å²) in [6.07, 6.45) is 0. The van der Waals surface area contributed by atoms with E-state index in [0.717, 1.165) is 29.9 Å². The fourth-order valence-corrected chi connectivity index (χ4v) is 2.84. The molecular formula is C13H24N6. The standard InChI is InChI=1S/C13H24N6/c1-9-10-11(18(6)16-9)19(12(14)15-10)8-13(2,3)7-17(4)5/h7-8H2,1-6H3,(H2,14,15). The molecule has 0 saturated heterocycles. The minimum atomic E-state index is 0.115. The van der Waals surface area contributed by atoms with Gasteiger partial charge in [0.25, 0.3) is 0 Å². The summed E-state index contributed by atoms with van der Waals surface area (Å²) in [4.78, 5) is 6.63. The Bertz CT molecular complexity index is 590. The maximum atomic E-state index is 6.07. The van der Waals surface area contributed by atoms with Gasteiger partial charge in [-0.15, -0.1) is 0 Å². The Labute approximate surface area is 114 Å². The van der Waals surface area contributed by atoms with Crippen LogP contribution in [-0.2, 0) is 13.6 Å². The van der Waals surface area contributed by atoms with Gasteiger partial charge in [0.15, 0.2) is 5.65 Å². The highest BCUT2D eigenvalue weighted by molar-refractivity contribution is 5.77. The van der Waals surface area contributed by atoms with E-state index in [0.29, 0.717) is 5.95 Å². The van der Waals surface area contributed by atoms with E-state index in [9.17, 15) is 0 Å². The van der Waals surface area contributed by atoms with E-state index in [-0.39, 0.29) is 5.41 Å². The number of rotatable bonds is 4. The number of hydrogen-bond donors (Lipinski definition) is 1. The van der Waals surface area contributed by atoms with Crippen molar-refractivity contribution in [3.05, 3.63) is 5.69 Å². The zero-order chi connectivity index (χ0) is 14.4. The molecular weight excluding hydrogens is 240 g/mol. The van der Waals surface area contributed by atoms with Gasteiger partial charge in [0.05, 0.1) is 5.69 Å². The van der Waals surface area contributed by atoms with Crippen LogP contribution in [0.5, 0.6) is 0 Å². The minimum absolute atomic E-state index is 0.115. The minimum Gasteiger partial charge on any atom is -0.369 e. The Morgan fingerprint density at radius 2 is 1.95 bits per heavy atom. The number of nitrogen functional groups attached to an aromatic ring is 1. The van der Waals surface area contributed by atoms with Crippen molar-refractivity contribution in [3.8, 4) is 0 Å². The Morgan fingerprint density at radius 1 is 1.32 bits per heavy atom. The Kier molecular flexibility index (Phi) is 3.30. The third kappa shape index (κ3) is 2.58. The number of aromatic nitrogens is 4. The van der Waals surface area contributed by atoms with Crippen LogP contribution in [0.4, 0.5) is 5.95 Å². The number of anilines is 1. The van der Waals surface area contributed by atoms with Gasteiger partial charge in [-0.3, -0.25) is 9.25 Å². The smallest absolute Gasteiger partial charge is 0.202 e. The van der Waals surface area contributed by atoms with E-state index >= 15 is 0 Å². The summed E-state index contributed by atoms with van der Waals surface area (Å²) in [5.41, 5.74) is 9.01. The van der Waals surface area contributed by atoms with Crippen LogP contribution in [-0.4, -0.2) is 44.9 Å². The Hall–Kier alpha value is -1.56. The van der Waals surface area contributed by atoms with E-state index in [4.69, 9.17) is 5.73 Å². The van der Waals surface area contributed by atoms with E-state index < -0.39 is 0 Å². The molecule has 2 aromatic heterocycles. The van der Waals surface area contributed by atoms with Crippen LogP contribution in [0.15, 0.2) is 0 Å². The molecule has 0 fully saturated rings. The van der Waals surface area contributed by atoms with E-state index in [1.54, 1.807) is 0 Å². The second kappa shape index (κ2) is 4.52. The summed E-state index contributed by atoms with van der Waals surface area (Å²) in [7, 11) is 6.11. The normalized spacial score (nSPS) is 12.8. The molecule has 2 heterocycles. The van der Waals surface area contributed by atoms with Crippen molar-refractivity contribution >= 4 is 17.1 Å². The molecule has 0 amide bonds. The van der Waals surface area contributed by atoms with Gasteiger partial charge >= 0.3 is 0 Å². The topological polar surface area (TPSA) is 64.9 Å². The predicted octanol–water partition coefficient (Wildman–Crippen LogP) is 1.25. The summed E-state index contributed by atoms with van der Waals surface area (Å²) in [5, 5.41) is 4.41. The highest BCUT2D eigenvalue weighted by Crippen LogP contribution is 2.26. The van der Waals surface area contributed by atoms with Crippen LogP contribution in [0.1, 0.15) is 19.5 Å². The zero-order valence-electron chi connectivity index (χ0n) is 12.7. The van der Waals surface area contributed by atoms with E-state index in [1.165, 1.54) is 0 Å². The lowest BCUT2D eigenvalue weighted by molar-refractivity contribution is 0.213. The number of nitrogens with two attached hydrogens (primary N) is 1. The molecule has 0 saturated carbocycles. The lowest BCUT2D eigenvalue weighted by atomic mass is 9.93. The molecule has 0 radical (unpaired) electrons. The number of imidazole rings is 1. The predicted molar refractivity (Wildman–Crippen MR) is 78.0 cm³/mol. The summed E-state index contributed by atoms with van der Waals surface area (Å²) >= 11 is 0. The average Bonchev–Trinajstić information content (AvgIpc) is 2.66. The molecule has 0 spiro atoms. The molecule has 0 atom stereocenters. The van der Waals surface area contributed by atoms with Crippen LogP contribution in [0, 0.1) is 12.3 Å². The fraction of sp³-hybridized carbons (Fsp3) is 0.692. The third-order valence-corrected chi connectivity index (χ3v) is 3.25. The first-order valence-corrected chi connectivity index (χ1v) is 6.51. The van der Waals surface area contributed by atoms with Gasteiger partial charge < -0.3 is 10.6 Å². The largest absolute Gasteiger partial charge is 0.369 e. The zero-order valence-corrected chi connectivity index (χ0v) is 12.7. The number of aryl methyl sites for hydroxylation is 2. The Morgan fingerprint density at radius 3 is 2.53 bits per heavy atom. The first kappa shape index (κ1) is 13.9. The number of nitrogens with zero attached hydrogens (tertiary/aromatic N) is 5. The van der Waals surface area contributed by atoms with Crippen molar-refractivity contribution in [1.29, 1.82) is 0 Å². The Balaban J connectivity index is 2.42. The van der Waals surface area contributed by atoms with E-state index in [2.05, 4.69) is 47.5 Å². The quantitative estimate of drug-likeness (QED) is 0.902. The van der Waals surface area contributed by atoms with Gasteiger partial charge in [-0.25, -0.2) is 4.98 Å². The molecule has 2 aromatic rings. The van der Waals surface area contributed by atoms with Gasteiger partial charge in [0.1, 0.15) is 5.52 Å². The van der Waals surface area contributed by atoms with Gasteiger partial charge in [-0.05, 0) is 26.4 Å². The molecule has 106 valence electrons. The first-order valence-electron chi connectivity index (χ1n) is 6.51. The molecule has 2 N–H and O–H groups in total. The maximum Gasteiger partial charge on any atom is 0.202 e. The molecule has 0 aliphatic carbocycles. The second-order valence-electron chi connectivity index (χ2n) is 6.34. The number of hydrogen-bond acceptors (Lipinski definition) is 4. The highest BCUT2D eigenvalue weighted by atomic mass is 15.3. The van der Waals surface area contributed by atoms with Crippen molar-refractivity contribution in [2.24, 2.45) is 12.5 Å². The molecule has 0 bridgehead atoms. The highest BCUT2D eigenvalue weighted by Gasteiger charge is 2.24. The summed E-state index contributed by atoms with van der Waals surface area (Å²) in [6.45, 7) is 8.25. The monoisotopic (exact) mass is 264 g/mol. The molecule has 19 heavy (non-hydrogen) atoms. The second-order valence-corrected chi connectivity index (χ2v) is 6.34. The lowest BCUT2D eigenvalue weighted by Crippen LogP contribution is -2.32. The van der Waals surface area contributed by atoms with Crippen molar-refractivity contribution in [3.63, 3.8) is 0 Å².